The fourth-order valence-electron chi connectivity index (χ4n) is 1.80. The monoisotopic (exact) mass is 312 g/mol. The van der Waals surface area contributed by atoms with Gasteiger partial charge < -0.3 is 0 Å². The average molecular weight is 313 g/mol. The first-order chi connectivity index (χ1) is 9.61. The largest absolute Gasteiger partial charge is 0.291 e. The van der Waals surface area contributed by atoms with Crippen LogP contribution in [0.3, 0.4) is 0 Å². The summed E-state index contributed by atoms with van der Waals surface area (Å²) < 4.78 is 14.7. The third-order valence-electron chi connectivity index (χ3n) is 2.66. The van der Waals surface area contributed by atoms with E-state index in [1.54, 1.807) is 16.8 Å². The van der Waals surface area contributed by atoms with E-state index in [4.69, 9.17) is 11.6 Å². The zero-order chi connectivity index (χ0) is 14.5. The van der Waals surface area contributed by atoms with Crippen molar-refractivity contribution in [1.29, 1.82) is 0 Å². The molecule has 0 aliphatic heterocycles. The molecule has 0 atom stereocenters. The maximum atomic E-state index is 13.1. The SMILES string of the molecule is CCCn1ncc(Cl)c1C(=O)CSc1cccc(F)c1. The first-order valence-electron chi connectivity index (χ1n) is 6.24. The summed E-state index contributed by atoms with van der Waals surface area (Å²) in [5.41, 5.74) is 0.428. The highest BCUT2D eigenvalue weighted by Gasteiger charge is 2.17. The van der Waals surface area contributed by atoms with Crippen LogP contribution in [0.25, 0.3) is 0 Å². The van der Waals surface area contributed by atoms with Crippen LogP contribution in [0, 0.1) is 5.82 Å². The minimum atomic E-state index is -0.309. The van der Waals surface area contributed by atoms with Gasteiger partial charge in [0, 0.05) is 11.4 Å². The fourth-order valence-corrected chi connectivity index (χ4v) is 2.85. The number of aromatic nitrogens is 2. The van der Waals surface area contributed by atoms with E-state index in [2.05, 4.69) is 5.10 Å². The van der Waals surface area contributed by atoms with Gasteiger partial charge in [-0.2, -0.15) is 5.10 Å². The number of ketones is 1. The first-order valence-corrected chi connectivity index (χ1v) is 7.61. The number of Topliss-reactive ketones (excluding diaryl/α,β-unsaturated/α-hetero) is 1. The lowest BCUT2D eigenvalue weighted by atomic mass is 10.3. The molecule has 0 saturated carbocycles. The summed E-state index contributed by atoms with van der Waals surface area (Å²) in [6.07, 6.45) is 2.35. The highest BCUT2D eigenvalue weighted by Crippen LogP contribution is 2.23. The van der Waals surface area contributed by atoms with E-state index in [1.165, 1.54) is 30.1 Å². The van der Waals surface area contributed by atoms with Gasteiger partial charge in [-0.15, -0.1) is 11.8 Å². The zero-order valence-electron chi connectivity index (χ0n) is 11.0. The summed E-state index contributed by atoms with van der Waals surface area (Å²) >= 11 is 7.30. The molecule has 20 heavy (non-hydrogen) atoms. The molecule has 0 N–H and O–H groups in total. The van der Waals surface area contributed by atoms with Crippen molar-refractivity contribution in [2.24, 2.45) is 0 Å². The molecule has 0 unspecified atom stereocenters. The van der Waals surface area contributed by atoms with Gasteiger partial charge in [0.2, 0.25) is 0 Å². The summed E-state index contributed by atoms with van der Waals surface area (Å²) in [5, 5.41) is 4.45. The van der Waals surface area contributed by atoms with Crippen LogP contribution in [0.4, 0.5) is 4.39 Å². The van der Waals surface area contributed by atoms with Gasteiger partial charge in [0.1, 0.15) is 11.5 Å². The molecule has 6 heteroatoms. The van der Waals surface area contributed by atoms with Crippen LogP contribution in [-0.4, -0.2) is 21.3 Å². The van der Waals surface area contributed by atoms with Gasteiger partial charge in [0.25, 0.3) is 0 Å². The molecule has 0 bridgehead atoms. The Morgan fingerprint density at radius 3 is 3.00 bits per heavy atom. The Labute approximate surface area is 126 Å². The number of rotatable bonds is 6. The Morgan fingerprint density at radius 2 is 2.30 bits per heavy atom. The molecule has 1 aromatic heterocycles. The van der Waals surface area contributed by atoms with Crippen molar-refractivity contribution in [3.05, 3.63) is 47.0 Å². The number of benzene rings is 1. The van der Waals surface area contributed by atoms with E-state index < -0.39 is 0 Å². The first kappa shape index (κ1) is 15.1. The minimum Gasteiger partial charge on any atom is -0.291 e. The van der Waals surface area contributed by atoms with Gasteiger partial charge in [0.05, 0.1) is 17.0 Å². The van der Waals surface area contributed by atoms with Crippen LogP contribution in [0.2, 0.25) is 5.02 Å². The number of nitrogens with zero attached hydrogens (tertiary/aromatic N) is 2. The molecule has 0 aliphatic rings. The second kappa shape index (κ2) is 6.90. The van der Waals surface area contributed by atoms with Crippen molar-refractivity contribution in [1.82, 2.24) is 9.78 Å². The molecule has 2 rings (SSSR count). The molecular weight excluding hydrogens is 299 g/mol. The standard InChI is InChI=1S/C14H14ClFN2OS/c1-2-6-18-14(12(15)8-17-18)13(19)9-20-11-5-3-4-10(16)7-11/h3-5,7-8H,2,6,9H2,1H3. The molecule has 3 nitrogen and oxygen atoms in total. The predicted octanol–water partition coefficient (Wildman–Crippen LogP) is 4.06. The molecule has 0 amide bonds. The van der Waals surface area contributed by atoms with Gasteiger partial charge in [-0.3, -0.25) is 9.48 Å². The van der Waals surface area contributed by atoms with E-state index in [-0.39, 0.29) is 17.4 Å². The molecule has 1 aromatic carbocycles. The normalized spacial score (nSPS) is 10.8. The summed E-state index contributed by atoms with van der Waals surface area (Å²) in [4.78, 5) is 12.9. The molecular formula is C14H14ClFN2OS. The van der Waals surface area contributed by atoms with Gasteiger partial charge in [-0.25, -0.2) is 4.39 Å². The van der Waals surface area contributed by atoms with Gasteiger partial charge in [0.15, 0.2) is 5.78 Å². The third-order valence-corrected chi connectivity index (χ3v) is 3.93. The van der Waals surface area contributed by atoms with Crippen LogP contribution in [0.5, 0.6) is 0 Å². The van der Waals surface area contributed by atoms with Crippen molar-refractivity contribution >= 4 is 29.1 Å². The molecule has 1 heterocycles. The lowest BCUT2D eigenvalue weighted by molar-refractivity contribution is 0.101. The quantitative estimate of drug-likeness (QED) is 0.596. The molecule has 2 aromatic rings. The van der Waals surface area contributed by atoms with E-state index in [0.29, 0.717) is 17.3 Å². The minimum absolute atomic E-state index is 0.102. The summed E-state index contributed by atoms with van der Waals surface area (Å²) in [6.45, 7) is 2.66. The third kappa shape index (κ3) is 3.61. The van der Waals surface area contributed by atoms with Crippen molar-refractivity contribution in [3.8, 4) is 0 Å². The number of carbonyl (C=O) groups excluding carboxylic acids is 1. The highest BCUT2D eigenvalue weighted by atomic mass is 35.5. The van der Waals surface area contributed by atoms with E-state index in [1.807, 2.05) is 6.92 Å². The highest BCUT2D eigenvalue weighted by molar-refractivity contribution is 8.00. The number of hydrogen-bond acceptors (Lipinski definition) is 3. The van der Waals surface area contributed by atoms with Crippen molar-refractivity contribution in [3.63, 3.8) is 0 Å². The Bertz CT molecular complexity index is 615. The number of halogens is 2. The zero-order valence-corrected chi connectivity index (χ0v) is 12.5. The second-order valence-corrected chi connectivity index (χ2v) is 5.69. The summed E-state index contributed by atoms with van der Waals surface area (Å²) in [6, 6.07) is 6.17. The predicted molar refractivity (Wildman–Crippen MR) is 79.0 cm³/mol. The molecule has 0 radical (unpaired) electrons. The summed E-state index contributed by atoms with van der Waals surface area (Å²) in [5.74, 6) is -0.204. The Morgan fingerprint density at radius 1 is 1.50 bits per heavy atom. The number of aryl methyl sites for hydroxylation is 1. The molecule has 0 aliphatic carbocycles. The van der Waals surface area contributed by atoms with Gasteiger partial charge >= 0.3 is 0 Å². The van der Waals surface area contributed by atoms with Crippen molar-refractivity contribution < 1.29 is 9.18 Å². The maximum Gasteiger partial charge on any atom is 0.192 e. The maximum absolute atomic E-state index is 13.1. The Hall–Kier alpha value is -1.33. The number of hydrogen-bond donors (Lipinski definition) is 0. The van der Waals surface area contributed by atoms with Crippen LogP contribution in [0.1, 0.15) is 23.8 Å². The van der Waals surface area contributed by atoms with Crippen molar-refractivity contribution in [2.75, 3.05) is 5.75 Å². The lowest BCUT2D eigenvalue weighted by Crippen LogP contribution is -2.12. The Kier molecular flexibility index (Phi) is 5.20. The van der Waals surface area contributed by atoms with Gasteiger partial charge in [-0.05, 0) is 24.6 Å². The molecule has 0 saturated heterocycles. The van der Waals surface area contributed by atoms with Crippen LogP contribution in [0.15, 0.2) is 35.4 Å². The second-order valence-electron chi connectivity index (χ2n) is 4.23. The van der Waals surface area contributed by atoms with Crippen LogP contribution in [-0.2, 0) is 6.54 Å². The molecule has 0 spiro atoms. The topological polar surface area (TPSA) is 34.9 Å². The summed E-state index contributed by atoms with van der Waals surface area (Å²) in [7, 11) is 0. The van der Waals surface area contributed by atoms with Crippen molar-refractivity contribution in [2.45, 2.75) is 24.8 Å². The average Bonchev–Trinajstić information content (AvgIpc) is 2.78. The fraction of sp³-hybridized carbons (Fsp3) is 0.286. The number of thioether (sulfide) groups is 1. The van der Waals surface area contributed by atoms with Crippen LogP contribution >= 0.6 is 23.4 Å². The number of carbonyl (C=O) groups is 1. The Balaban J connectivity index is 2.07. The van der Waals surface area contributed by atoms with E-state index in [0.717, 1.165) is 11.3 Å². The van der Waals surface area contributed by atoms with E-state index in [9.17, 15) is 9.18 Å². The molecule has 106 valence electrons. The lowest BCUT2D eigenvalue weighted by Gasteiger charge is -2.06. The van der Waals surface area contributed by atoms with E-state index >= 15 is 0 Å². The van der Waals surface area contributed by atoms with Crippen LogP contribution < -0.4 is 0 Å². The van der Waals surface area contributed by atoms with Gasteiger partial charge in [-0.1, -0.05) is 24.6 Å². The molecule has 0 fully saturated rings. The smallest absolute Gasteiger partial charge is 0.192 e.